The lowest BCUT2D eigenvalue weighted by Crippen LogP contribution is -2.34. The van der Waals surface area contributed by atoms with E-state index in [4.69, 9.17) is 0 Å². The maximum Gasteiger partial charge on any atom is 0.201 e. The lowest BCUT2D eigenvalue weighted by atomic mass is 10.3. The van der Waals surface area contributed by atoms with E-state index >= 15 is 0 Å². The second-order valence-corrected chi connectivity index (χ2v) is 9.14. The van der Waals surface area contributed by atoms with Crippen LogP contribution in [0, 0.1) is 11.6 Å². The summed E-state index contributed by atoms with van der Waals surface area (Å²) in [5.41, 5.74) is 0. The van der Waals surface area contributed by atoms with Crippen molar-refractivity contribution in [3.63, 3.8) is 0 Å². The van der Waals surface area contributed by atoms with Crippen molar-refractivity contribution >= 4 is 23.2 Å². The van der Waals surface area contributed by atoms with Gasteiger partial charge in [0.15, 0.2) is 5.82 Å². The van der Waals surface area contributed by atoms with Gasteiger partial charge in [-0.25, -0.2) is 4.39 Å². The van der Waals surface area contributed by atoms with E-state index in [1.807, 2.05) is 60.7 Å². The molecule has 0 heterocycles. The summed E-state index contributed by atoms with van der Waals surface area (Å²) in [5.74, 6) is -1.51. The van der Waals surface area contributed by atoms with Gasteiger partial charge in [0.05, 0.1) is 6.16 Å². The molecule has 0 aliphatic rings. The van der Waals surface area contributed by atoms with E-state index in [1.54, 1.807) is 12.1 Å². The zero-order chi connectivity index (χ0) is 16.3. The minimum absolute atomic E-state index is 0.484. The Morgan fingerprint density at radius 1 is 0.696 bits per heavy atom. The van der Waals surface area contributed by atoms with Crippen LogP contribution in [0.2, 0.25) is 0 Å². The fourth-order valence-corrected chi connectivity index (χ4v) is 7.19. The van der Waals surface area contributed by atoms with Gasteiger partial charge in [0.1, 0.15) is 23.2 Å². The van der Waals surface area contributed by atoms with Crippen molar-refractivity contribution in [1.29, 1.82) is 0 Å². The molecule has 3 aromatic carbocycles. The highest BCUT2D eigenvalue weighted by Crippen LogP contribution is 2.55. The fraction of sp³-hybridized carbons (Fsp3) is 0.100. The third kappa shape index (κ3) is 2.68. The first kappa shape index (κ1) is 15.8. The normalized spacial score (nSPS) is 11.4. The quantitative estimate of drug-likeness (QED) is 0.628. The molecule has 3 heteroatoms. The largest absolute Gasteiger partial charge is 0.204 e. The SMILES string of the molecule is CC[P+](c1ccccc1)(c1ccccc1)c1cccc(F)c1F. The highest BCUT2D eigenvalue weighted by Gasteiger charge is 2.46. The Labute approximate surface area is 136 Å². The molecule has 3 rings (SSSR count). The minimum atomic E-state index is -2.21. The molecule has 0 aromatic heterocycles. The summed E-state index contributed by atoms with van der Waals surface area (Å²) in [6.07, 6.45) is 0.737. The van der Waals surface area contributed by atoms with Crippen LogP contribution in [0.5, 0.6) is 0 Å². The summed E-state index contributed by atoms with van der Waals surface area (Å²) in [6, 6.07) is 24.3. The third-order valence-electron chi connectivity index (χ3n) is 4.21. The topological polar surface area (TPSA) is 0 Å². The molecular weight excluding hydrogens is 309 g/mol. The van der Waals surface area contributed by atoms with Crippen LogP contribution < -0.4 is 15.9 Å². The summed E-state index contributed by atoms with van der Waals surface area (Å²) >= 11 is 0. The number of benzene rings is 3. The van der Waals surface area contributed by atoms with Crippen molar-refractivity contribution < 1.29 is 8.78 Å². The summed E-state index contributed by atoms with van der Waals surface area (Å²) < 4.78 is 28.6. The monoisotopic (exact) mass is 327 g/mol. The molecule has 0 saturated heterocycles. The first-order valence-electron chi connectivity index (χ1n) is 7.64. The first-order valence-corrected chi connectivity index (χ1v) is 9.61. The number of rotatable bonds is 4. The average Bonchev–Trinajstić information content (AvgIpc) is 2.61. The molecule has 0 amide bonds. The lowest BCUT2D eigenvalue weighted by molar-refractivity contribution is 0.514. The standard InChI is InChI=1S/C20H18F2P/c1-2-23(16-10-5-3-6-11-16,17-12-7-4-8-13-17)19-15-9-14-18(21)20(19)22/h3-15H,2H2,1H3/q+1. The number of halogens is 2. The van der Waals surface area contributed by atoms with Crippen LogP contribution >= 0.6 is 7.26 Å². The van der Waals surface area contributed by atoms with Crippen LogP contribution in [-0.4, -0.2) is 6.16 Å². The molecule has 0 N–H and O–H groups in total. The van der Waals surface area contributed by atoms with Gasteiger partial charge >= 0.3 is 0 Å². The molecule has 0 fully saturated rings. The van der Waals surface area contributed by atoms with Crippen molar-refractivity contribution in [2.24, 2.45) is 0 Å². The van der Waals surface area contributed by atoms with Crippen LogP contribution in [0.1, 0.15) is 6.92 Å². The zero-order valence-electron chi connectivity index (χ0n) is 12.9. The van der Waals surface area contributed by atoms with E-state index in [2.05, 4.69) is 6.92 Å². The van der Waals surface area contributed by atoms with Crippen molar-refractivity contribution in [3.05, 3.63) is 90.5 Å². The summed E-state index contributed by atoms with van der Waals surface area (Å²) in [5, 5.41) is 2.62. The second-order valence-electron chi connectivity index (χ2n) is 5.37. The van der Waals surface area contributed by atoms with Crippen molar-refractivity contribution in [1.82, 2.24) is 0 Å². The Morgan fingerprint density at radius 3 is 1.70 bits per heavy atom. The van der Waals surface area contributed by atoms with Crippen LogP contribution in [0.15, 0.2) is 78.9 Å². The molecule has 3 aromatic rings. The van der Waals surface area contributed by atoms with Crippen LogP contribution in [0.4, 0.5) is 8.78 Å². The summed E-state index contributed by atoms with van der Waals surface area (Å²) in [4.78, 5) is 0. The predicted molar refractivity (Wildman–Crippen MR) is 95.6 cm³/mol. The van der Waals surface area contributed by atoms with E-state index in [9.17, 15) is 8.78 Å². The van der Waals surface area contributed by atoms with E-state index in [0.717, 1.165) is 16.8 Å². The van der Waals surface area contributed by atoms with E-state index in [0.29, 0.717) is 5.30 Å². The van der Waals surface area contributed by atoms with Gasteiger partial charge in [-0.05, 0) is 43.3 Å². The third-order valence-corrected chi connectivity index (χ3v) is 8.69. The molecule has 0 saturated carbocycles. The summed E-state index contributed by atoms with van der Waals surface area (Å²) in [6.45, 7) is 2.05. The Hall–Kier alpha value is -2.05. The van der Waals surface area contributed by atoms with Crippen LogP contribution in [-0.2, 0) is 0 Å². The molecule has 116 valence electrons. The highest BCUT2D eigenvalue weighted by molar-refractivity contribution is 7.95. The van der Waals surface area contributed by atoms with Gasteiger partial charge in [0.25, 0.3) is 0 Å². The van der Waals surface area contributed by atoms with Gasteiger partial charge in [-0.3, -0.25) is 0 Å². The zero-order valence-corrected chi connectivity index (χ0v) is 13.8. The van der Waals surface area contributed by atoms with Gasteiger partial charge in [0, 0.05) is 0 Å². The molecule has 0 nitrogen and oxygen atoms in total. The first-order chi connectivity index (χ1) is 11.2. The Bertz CT molecular complexity index is 746. The van der Waals surface area contributed by atoms with E-state index in [1.165, 1.54) is 6.07 Å². The Kier molecular flexibility index (Phi) is 4.54. The lowest BCUT2D eigenvalue weighted by Gasteiger charge is -2.26. The molecule has 0 atom stereocenters. The van der Waals surface area contributed by atoms with Crippen molar-refractivity contribution in [3.8, 4) is 0 Å². The molecule has 0 unspecified atom stereocenters. The molecular formula is C20H18F2P+. The highest BCUT2D eigenvalue weighted by atomic mass is 31.2. The number of hydrogen-bond donors (Lipinski definition) is 0. The smallest absolute Gasteiger partial charge is 0.201 e. The van der Waals surface area contributed by atoms with E-state index < -0.39 is 18.9 Å². The van der Waals surface area contributed by atoms with Crippen molar-refractivity contribution in [2.45, 2.75) is 6.92 Å². The predicted octanol–water partition coefficient (Wildman–Crippen LogP) is 4.28. The van der Waals surface area contributed by atoms with E-state index in [-0.39, 0.29) is 0 Å². The second kappa shape index (κ2) is 6.60. The maximum atomic E-state index is 14.7. The van der Waals surface area contributed by atoms with Gasteiger partial charge in [-0.15, -0.1) is 0 Å². The average molecular weight is 327 g/mol. The van der Waals surface area contributed by atoms with Gasteiger partial charge in [-0.2, -0.15) is 4.39 Å². The van der Waals surface area contributed by atoms with Crippen LogP contribution in [0.25, 0.3) is 0 Å². The molecule has 23 heavy (non-hydrogen) atoms. The maximum absolute atomic E-state index is 14.7. The van der Waals surface area contributed by atoms with Gasteiger partial charge < -0.3 is 0 Å². The number of hydrogen-bond acceptors (Lipinski definition) is 0. The Balaban J connectivity index is 2.36. The Morgan fingerprint density at radius 2 is 1.22 bits per heavy atom. The summed E-state index contributed by atoms with van der Waals surface area (Å²) in [7, 11) is -2.21. The molecule has 0 radical (unpaired) electrons. The molecule has 0 spiro atoms. The van der Waals surface area contributed by atoms with Gasteiger partial charge in [0.2, 0.25) is 5.82 Å². The van der Waals surface area contributed by atoms with Crippen LogP contribution in [0.3, 0.4) is 0 Å². The molecule has 0 aliphatic carbocycles. The van der Waals surface area contributed by atoms with Gasteiger partial charge in [-0.1, -0.05) is 42.5 Å². The van der Waals surface area contributed by atoms with Crippen molar-refractivity contribution in [2.75, 3.05) is 6.16 Å². The fourth-order valence-electron chi connectivity index (χ4n) is 3.11. The molecule has 0 bridgehead atoms. The molecule has 0 aliphatic heterocycles. The minimum Gasteiger partial charge on any atom is -0.204 e.